The van der Waals surface area contributed by atoms with Gasteiger partial charge >= 0.3 is 0 Å². The Morgan fingerprint density at radius 1 is 1.16 bits per heavy atom. The molecular formula is C20H19N3OS. The first kappa shape index (κ1) is 16.0. The van der Waals surface area contributed by atoms with Gasteiger partial charge in [-0.1, -0.05) is 36.4 Å². The van der Waals surface area contributed by atoms with E-state index in [4.69, 9.17) is 0 Å². The molecule has 4 nitrogen and oxygen atoms in total. The molecule has 2 heterocycles. The molecule has 25 heavy (non-hydrogen) atoms. The maximum atomic E-state index is 12.5. The largest absolute Gasteiger partial charge is 0.349 e. The van der Waals surface area contributed by atoms with Gasteiger partial charge in [-0.05, 0) is 36.5 Å². The van der Waals surface area contributed by atoms with Crippen LogP contribution in [0.25, 0.3) is 10.7 Å². The normalized spacial score (nSPS) is 14.9. The average molecular weight is 349 g/mol. The summed E-state index contributed by atoms with van der Waals surface area (Å²) in [5, 5.41) is 6.00. The Morgan fingerprint density at radius 3 is 2.68 bits per heavy atom. The van der Waals surface area contributed by atoms with Crippen LogP contribution in [-0.2, 0) is 11.2 Å². The molecule has 126 valence electrons. The molecule has 3 aromatic rings. The molecule has 1 unspecified atom stereocenters. The van der Waals surface area contributed by atoms with Crippen LogP contribution in [0.5, 0.6) is 0 Å². The number of aromatic nitrogens is 2. The Kier molecular flexibility index (Phi) is 4.57. The van der Waals surface area contributed by atoms with Gasteiger partial charge in [0, 0.05) is 11.6 Å². The average Bonchev–Trinajstić information content (AvgIpc) is 3.40. The van der Waals surface area contributed by atoms with Crippen molar-refractivity contribution in [2.24, 2.45) is 5.92 Å². The van der Waals surface area contributed by atoms with Crippen LogP contribution in [0.3, 0.4) is 0 Å². The molecule has 0 bridgehead atoms. The summed E-state index contributed by atoms with van der Waals surface area (Å²) >= 11 is 1.52. The van der Waals surface area contributed by atoms with Gasteiger partial charge in [-0.3, -0.25) is 9.78 Å². The molecule has 1 fully saturated rings. The maximum absolute atomic E-state index is 12.5. The van der Waals surface area contributed by atoms with Crippen molar-refractivity contribution in [1.29, 1.82) is 0 Å². The highest BCUT2D eigenvalue weighted by molar-refractivity contribution is 7.13. The fourth-order valence-corrected chi connectivity index (χ4v) is 3.74. The number of amides is 1. The summed E-state index contributed by atoms with van der Waals surface area (Å²) in [5.41, 5.74) is 2.83. The van der Waals surface area contributed by atoms with E-state index < -0.39 is 0 Å². The maximum Gasteiger partial charge on any atom is 0.226 e. The van der Waals surface area contributed by atoms with Crippen LogP contribution in [0.15, 0.2) is 60.1 Å². The number of nitrogens with zero attached hydrogens (tertiary/aromatic N) is 2. The van der Waals surface area contributed by atoms with Gasteiger partial charge < -0.3 is 5.32 Å². The predicted molar refractivity (Wildman–Crippen MR) is 99.1 cm³/mol. The summed E-state index contributed by atoms with van der Waals surface area (Å²) in [6, 6.07) is 16.1. The molecule has 0 saturated heterocycles. The molecule has 1 aliphatic carbocycles. The Morgan fingerprint density at radius 2 is 1.96 bits per heavy atom. The molecule has 1 N–H and O–H groups in total. The molecule has 2 aromatic heterocycles. The third-order valence-electron chi connectivity index (χ3n) is 4.35. The van der Waals surface area contributed by atoms with Crippen LogP contribution in [0.1, 0.15) is 30.1 Å². The van der Waals surface area contributed by atoms with Crippen molar-refractivity contribution in [3.05, 3.63) is 71.4 Å². The molecule has 5 heteroatoms. The summed E-state index contributed by atoms with van der Waals surface area (Å²) in [7, 11) is 0. The third-order valence-corrected chi connectivity index (χ3v) is 5.26. The number of hydrogen-bond donors (Lipinski definition) is 1. The number of pyridine rings is 1. The number of carbonyl (C=O) groups is 1. The van der Waals surface area contributed by atoms with Crippen molar-refractivity contribution in [2.75, 3.05) is 0 Å². The van der Waals surface area contributed by atoms with Crippen molar-refractivity contribution in [3.63, 3.8) is 0 Å². The van der Waals surface area contributed by atoms with Crippen LogP contribution < -0.4 is 5.32 Å². The lowest BCUT2D eigenvalue weighted by Gasteiger charge is -2.18. The first-order valence-corrected chi connectivity index (χ1v) is 9.37. The quantitative estimate of drug-likeness (QED) is 0.731. The van der Waals surface area contributed by atoms with E-state index in [9.17, 15) is 4.79 Å². The van der Waals surface area contributed by atoms with E-state index in [1.165, 1.54) is 29.7 Å². The zero-order chi connectivity index (χ0) is 17.1. The zero-order valence-electron chi connectivity index (χ0n) is 13.8. The lowest BCUT2D eigenvalue weighted by Crippen LogP contribution is -2.31. The molecule has 0 aliphatic heterocycles. The molecule has 1 aliphatic rings. The van der Waals surface area contributed by atoms with Crippen LogP contribution in [-0.4, -0.2) is 15.9 Å². The summed E-state index contributed by atoms with van der Waals surface area (Å²) in [5.74, 6) is 0.587. The zero-order valence-corrected chi connectivity index (χ0v) is 14.6. The summed E-state index contributed by atoms with van der Waals surface area (Å²) in [6.07, 6.45) is 4.42. The van der Waals surface area contributed by atoms with Crippen LogP contribution in [0.4, 0.5) is 0 Å². The lowest BCUT2D eigenvalue weighted by atomic mass is 10.0. The number of hydrogen-bond acceptors (Lipinski definition) is 4. The van der Waals surface area contributed by atoms with Gasteiger partial charge in [-0.2, -0.15) is 0 Å². The summed E-state index contributed by atoms with van der Waals surface area (Å²) in [6.45, 7) is 0. The summed E-state index contributed by atoms with van der Waals surface area (Å²) in [4.78, 5) is 21.4. The standard InChI is InChI=1S/C20H19N3OS/c24-18(23-19(15-9-10-15)14-6-2-1-3-7-14)12-16-13-25-20(22-16)17-8-4-5-11-21-17/h1-8,11,13,15,19H,9-10,12H2,(H,23,24). The number of benzene rings is 1. The second kappa shape index (κ2) is 7.15. The number of nitrogens with one attached hydrogen (secondary N) is 1. The van der Waals surface area contributed by atoms with Crippen LogP contribution >= 0.6 is 11.3 Å². The van der Waals surface area contributed by atoms with Gasteiger partial charge in [0.25, 0.3) is 0 Å². The van der Waals surface area contributed by atoms with E-state index in [2.05, 4.69) is 27.4 Å². The Bertz CT molecular complexity index is 844. The number of thiazole rings is 1. The minimum atomic E-state index is 0.0265. The van der Waals surface area contributed by atoms with E-state index in [-0.39, 0.29) is 11.9 Å². The summed E-state index contributed by atoms with van der Waals surface area (Å²) < 4.78 is 0. The topological polar surface area (TPSA) is 54.9 Å². The minimum absolute atomic E-state index is 0.0265. The first-order valence-electron chi connectivity index (χ1n) is 8.50. The molecule has 1 amide bonds. The third kappa shape index (κ3) is 3.94. The Labute approximate surface area is 151 Å². The van der Waals surface area contributed by atoms with Crippen LogP contribution in [0.2, 0.25) is 0 Å². The molecule has 0 spiro atoms. The van der Waals surface area contributed by atoms with E-state index >= 15 is 0 Å². The molecule has 1 atom stereocenters. The fraction of sp³-hybridized carbons (Fsp3) is 0.250. The molecule has 4 rings (SSSR count). The van der Waals surface area contributed by atoms with E-state index in [1.54, 1.807) is 6.20 Å². The van der Waals surface area contributed by atoms with Gasteiger partial charge in [0.15, 0.2) is 0 Å². The SMILES string of the molecule is O=C(Cc1csc(-c2ccccn2)n1)NC(c1ccccc1)C1CC1. The molecule has 1 saturated carbocycles. The van der Waals surface area contributed by atoms with Gasteiger partial charge in [0.05, 0.1) is 23.9 Å². The molecule has 0 radical (unpaired) electrons. The monoisotopic (exact) mass is 349 g/mol. The number of rotatable bonds is 6. The van der Waals surface area contributed by atoms with E-state index in [0.717, 1.165) is 16.4 Å². The van der Waals surface area contributed by atoms with Crippen molar-refractivity contribution < 1.29 is 4.79 Å². The Hall–Kier alpha value is -2.53. The second-order valence-corrected chi connectivity index (χ2v) is 7.19. The fourth-order valence-electron chi connectivity index (χ4n) is 2.95. The van der Waals surface area contributed by atoms with Crippen molar-refractivity contribution in [1.82, 2.24) is 15.3 Å². The Balaban J connectivity index is 1.43. The minimum Gasteiger partial charge on any atom is -0.349 e. The van der Waals surface area contributed by atoms with Gasteiger partial charge in [-0.25, -0.2) is 4.98 Å². The van der Waals surface area contributed by atoms with Gasteiger partial charge in [0.1, 0.15) is 5.01 Å². The highest BCUT2D eigenvalue weighted by Crippen LogP contribution is 2.40. The highest BCUT2D eigenvalue weighted by atomic mass is 32.1. The van der Waals surface area contributed by atoms with Crippen molar-refractivity contribution in [2.45, 2.75) is 25.3 Å². The highest BCUT2D eigenvalue weighted by Gasteiger charge is 2.33. The number of carbonyl (C=O) groups excluding carboxylic acids is 1. The van der Waals surface area contributed by atoms with Crippen LogP contribution in [0, 0.1) is 5.92 Å². The first-order chi connectivity index (χ1) is 12.3. The van der Waals surface area contributed by atoms with Gasteiger partial charge in [-0.15, -0.1) is 11.3 Å². The smallest absolute Gasteiger partial charge is 0.226 e. The van der Waals surface area contributed by atoms with Gasteiger partial charge in [0.2, 0.25) is 5.91 Å². The second-order valence-electron chi connectivity index (χ2n) is 6.33. The van der Waals surface area contributed by atoms with E-state index in [0.29, 0.717) is 12.3 Å². The van der Waals surface area contributed by atoms with E-state index in [1.807, 2.05) is 41.8 Å². The van der Waals surface area contributed by atoms with Crippen molar-refractivity contribution >= 4 is 17.2 Å². The van der Waals surface area contributed by atoms with Crippen molar-refractivity contribution in [3.8, 4) is 10.7 Å². The predicted octanol–water partition coefficient (Wildman–Crippen LogP) is 4.02. The molecular weight excluding hydrogens is 330 g/mol. The molecule has 1 aromatic carbocycles. The lowest BCUT2D eigenvalue weighted by molar-refractivity contribution is -0.121.